The van der Waals surface area contributed by atoms with E-state index in [4.69, 9.17) is 4.74 Å². The van der Waals surface area contributed by atoms with Crippen molar-refractivity contribution in [3.05, 3.63) is 54.1 Å². The van der Waals surface area contributed by atoms with Crippen LogP contribution in [-0.2, 0) is 0 Å². The van der Waals surface area contributed by atoms with Gasteiger partial charge >= 0.3 is 5.97 Å². The molecule has 2 aromatic rings. The third kappa shape index (κ3) is 2.79. The fourth-order valence-corrected chi connectivity index (χ4v) is 1.57. The van der Waals surface area contributed by atoms with E-state index >= 15 is 0 Å². The minimum absolute atomic E-state index is 0.0977. The molecule has 0 amide bonds. The normalized spacial score (nSPS) is 9.94. The first-order chi connectivity index (χ1) is 8.16. The zero-order valence-corrected chi connectivity index (χ0v) is 9.72. The zero-order chi connectivity index (χ0) is 12.3. The van der Waals surface area contributed by atoms with Gasteiger partial charge < -0.3 is 9.84 Å². The highest BCUT2D eigenvalue weighted by molar-refractivity contribution is 7.80. The van der Waals surface area contributed by atoms with Crippen molar-refractivity contribution in [2.75, 3.05) is 0 Å². The van der Waals surface area contributed by atoms with Gasteiger partial charge in [-0.3, -0.25) is 0 Å². The van der Waals surface area contributed by atoms with Crippen LogP contribution in [0.3, 0.4) is 0 Å². The van der Waals surface area contributed by atoms with Crippen LogP contribution in [0.1, 0.15) is 10.4 Å². The lowest BCUT2D eigenvalue weighted by Gasteiger charge is -2.05. The fourth-order valence-electron chi connectivity index (χ4n) is 1.36. The Morgan fingerprint density at radius 2 is 1.88 bits per heavy atom. The molecule has 0 unspecified atom stereocenters. The van der Waals surface area contributed by atoms with Crippen LogP contribution < -0.4 is 4.74 Å². The maximum Gasteiger partial charge on any atom is 0.347 e. The summed E-state index contributed by atoms with van der Waals surface area (Å²) in [6, 6.07) is 13.0. The van der Waals surface area contributed by atoms with E-state index in [0.29, 0.717) is 10.6 Å². The second-order valence-electron chi connectivity index (χ2n) is 3.40. The summed E-state index contributed by atoms with van der Waals surface area (Å²) >= 11 is 4.14. The number of carbonyl (C=O) groups is 1. The molecule has 0 aliphatic carbocycles. The number of benzene rings is 2. The molecular weight excluding hydrogens is 236 g/mol. The molecule has 0 saturated heterocycles. The highest BCUT2D eigenvalue weighted by Gasteiger charge is 2.12. The van der Waals surface area contributed by atoms with E-state index in [1.165, 1.54) is 12.1 Å². The lowest BCUT2D eigenvalue weighted by Crippen LogP contribution is -2.08. The van der Waals surface area contributed by atoms with Crippen molar-refractivity contribution in [2.45, 2.75) is 4.90 Å². The van der Waals surface area contributed by atoms with Crippen molar-refractivity contribution in [1.82, 2.24) is 0 Å². The number of hydrogen-bond acceptors (Lipinski definition) is 4. The molecule has 0 aromatic heterocycles. The molecule has 0 radical (unpaired) electrons. The van der Waals surface area contributed by atoms with Crippen molar-refractivity contribution in [2.24, 2.45) is 0 Å². The predicted octanol–water partition coefficient (Wildman–Crippen LogP) is 2.90. The van der Waals surface area contributed by atoms with E-state index in [2.05, 4.69) is 12.6 Å². The van der Waals surface area contributed by atoms with Gasteiger partial charge in [0.05, 0.1) is 0 Å². The number of hydrogen-bond donors (Lipinski definition) is 2. The number of rotatable bonds is 2. The van der Waals surface area contributed by atoms with Crippen LogP contribution in [0.4, 0.5) is 0 Å². The number of carbonyl (C=O) groups excluding carboxylic acids is 1. The van der Waals surface area contributed by atoms with E-state index in [1.807, 2.05) is 0 Å². The average molecular weight is 246 g/mol. The molecule has 4 heteroatoms. The van der Waals surface area contributed by atoms with Crippen molar-refractivity contribution >= 4 is 18.6 Å². The molecule has 0 bridgehead atoms. The molecule has 0 heterocycles. The van der Waals surface area contributed by atoms with Gasteiger partial charge in [-0.05, 0) is 30.3 Å². The van der Waals surface area contributed by atoms with Gasteiger partial charge in [0.1, 0.15) is 17.1 Å². The largest absolute Gasteiger partial charge is 0.507 e. The monoisotopic (exact) mass is 246 g/mol. The van der Waals surface area contributed by atoms with Gasteiger partial charge in [-0.2, -0.15) is 0 Å². The Hall–Kier alpha value is -1.94. The quantitative estimate of drug-likeness (QED) is 0.486. The zero-order valence-electron chi connectivity index (χ0n) is 8.83. The van der Waals surface area contributed by atoms with Gasteiger partial charge in [-0.1, -0.05) is 18.2 Å². The molecule has 0 saturated carbocycles. The van der Waals surface area contributed by atoms with Gasteiger partial charge in [0.25, 0.3) is 0 Å². The van der Waals surface area contributed by atoms with Crippen LogP contribution >= 0.6 is 12.6 Å². The standard InChI is InChI=1S/C13H10O3S/c14-12-7-2-1-6-11(12)13(15)16-9-4-3-5-10(17)8-9/h1-8,14,17H. The van der Waals surface area contributed by atoms with Crippen molar-refractivity contribution < 1.29 is 14.6 Å². The summed E-state index contributed by atoms with van der Waals surface area (Å²) < 4.78 is 5.11. The van der Waals surface area contributed by atoms with Crippen molar-refractivity contribution in [1.29, 1.82) is 0 Å². The molecule has 0 aliphatic rings. The van der Waals surface area contributed by atoms with Crippen LogP contribution in [0.2, 0.25) is 0 Å². The lowest BCUT2D eigenvalue weighted by molar-refractivity contribution is 0.0731. The first kappa shape index (κ1) is 11.5. The first-order valence-corrected chi connectivity index (χ1v) is 5.41. The highest BCUT2D eigenvalue weighted by Crippen LogP contribution is 2.20. The molecule has 0 aliphatic heterocycles. The topological polar surface area (TPSA) is 46.5 Å². The summed E-state index contributed by atoms with van der Waals surface area (Å²) in [6.45, 7) is 0. The second-order valence-corrected chi connectivity index (χ2v) is 3.92. The minimum atomic E-state index is -0.595. The molecular formula is C13H10O3S. The van der Waals surface area contributed by atoms with E-state index in [0.717, 1.165) is 0 Å². The SMILES string of the molecule is O=C(Oc1cccc(S)c1)c1ccccc1O. The third-order valence-electron chi connectivity index (χ3n) is 2.15. The summed E-state index contributed by atoms with van der Waals surface area (Å²) in [7, 11) is 0. The number of phenolic OH excluding ortho intramolecular Hbond substituents is 1. The molecule has 3 nitrogen and oxygen atoms in total. The molecule has 86 valence electrons. The number of aromatic hydroxyl groups is 1. The van der Waals surface area contributed by atoms with E-state index in [9.17, 15) is 9.90 Å². The first-order valence-electron chi connectivity index (χ1n) is 4.96. The summed E-state index contributed by atoms with van der Waals surface area (Å²) in [6.07, 6.45) is 0. The third-order valence-corrected chi connectivity index (χ3v) is 2.43. The van der Waals surface area contributed by atoms with Crippen LogP contribution in [0, 0.1) is 0 Å². The number of thiol groups is 1. The van der Waals surface area contributed by atoms with Crippen LogP contribution in [0.25, 0.3) is 0 Å². The van der Waals surface area contributed by atoms with E-state index in [1.54, 1.807) is 36.4 Å². The van der Waals surface area contributed by atoms with Crippen molar-refractivity contribution in [3.63, 3.8) is 0 Å². The summed E-state index contributed by atoms with van der Waals surface area (Å²) in [5.41, 5.74) is 0.136. The maximum absolute atomic E-state index is 11.7. The van der Waals surface area contributed by atoms with Crippen molar-refractivity contribution in [3.8, 4) is 11.5 Å². The Morgan fingerprint density at radius 3 is 2.59 bits per heavy atom. The molecule has 2 aromatic carbocycles. The van der Waals surface area contributed by atoms with Crippen LogP contribution in [0.15, 0.2) is 53.4 Å². The van der Waals surface area contributed by atoms with E-state index < -0.39 is 5.97 Å². The maximum atomic E-state index is 11.7. The molecule has 0 fully saturated rings. The molecule has 0 spiro atoms. The Kier molecular flexibility index (Phi) is 3.35. The smallest absolute Gasteiger partial charge is 0.347 e. The molecule has 17 heavy (non-hydrogen) atoms. The summed E-state index contributed by atoms with van der Waals surface area (Å²) in [5.74, 6) is -0.299. The summed E-state index contributed by atoms with van der Waals surface area (Å²) in [5, 5.41) is 9.50. The summed E-state index contributed by atoms with van der Waals surface area (Å²) in [4.78, 5) is 12.4. The predicted molar refractivity (Wildman–Crippen MR) is 66.8 cm³/mol. The van der Waals surface area contributed by atoms with Gasteiger partial charge in [-0.15, -0.1) is 12.6 Å². The lowest BCUT2D eigenvalue weighted by atomic mass is 10.2. The molecule has 1 N–H and O–H groups in total. The number of para-hydroxylation sites is 1. The Bertz CT molecular complexity index is 552. The number of esters is 1. The number of phenols is 1. The van der Waals surface area contributed by atoms with Gasteiger partial charge in [-0.25, -0.2) is 4.79 Å². The Balaban J connectivity index is 2.20. The molecule has 2 rings (SSSR count). The van der Waals surface area contributed by atoms with Crippen LogP contribution in [0.5, 0.6) is 11.5 Å². The molecule has 0 atom stereocenters. The number of ether oxygens (including phenoxy) is 1. The van der Waals surface area contributed by atoms with Crippen LogP contribution in [-0.4, -0.2) is 11.1 Å². The van der Waals surface area contributed by atoms with E-state index in [-0.39, 0.29) is 11.3 Å². The Labute approximate surface area is 104 Å². The van der Waals surface area contributed by atoms with Gasteiger partial charge in [0.15, 0.2) is 0 Å². The van der Waals surface area contributed by atoms with Gasteiger partial charge in [0.2, 0.25) is 0 Å². The Morgan fingerprint density at radius 1 is 1.12 bits per heavy atom. The second kappa shape index (κ2) is 4.93. The minimum Gasteiger partial charge on any atom is -0.507 e. The average Bonchev–Trinajstić information content (AvgIpc) is 2.29. The highest BCUT2D eigenvalue weighted by atomic mass is 32.1. The van der Waals surface area contributed by atoms with Gasteiger partial charge in [0, 0.05) is 4.90 Å². The fraction of sp³-hybridized carbons (Fsp3) is 0.